The summed E-state index contributed by atoms with van der Waals surface area (Å²) in [7, 11) is 4.71. The Hall–Kier alpha value is -3.30. The fourth-order valence-electron chi connectivity index (χ4n) is 4.09. The molecule has 0 saturated carbocycles. The number of hydrogen-bond acceptors (Lipinski definition) is 4. The lowest BCUT2D eigenvalue weighted by Crippen LogP contribution is -2.38. The third kappa shape index (κ3) is 3.55. The monoisotopic (exact) mass is 433 g/mol. The van der Waals surface area contributed by atoms with Gasteiger partial charge in [0.15, 0.2) is 5.69 Å². The molecule has 0 bridgehead atoms. The highest BCUT2D eigenvalue weighted by Crippen LogP contribution is 2.38. The Bertz CT molecular complexity index is 1150. The third-order valence-corrected chi connectivity index (χ3v) is 5.63. The standard InChI is InChI=1S/C21H22F3N5O2/c1-12-18-15(8-9-29(12)20(30)13-6-5-7-14(10-13)31-4)19(28(3)26-18)16-11-17(21(22,23)24)25-27(16)2/h5-7,10-12H,8-9H2,1-4H3. The van der Waals surface area contributed by atoms with E-state index in [0.717, 1.165) is 11.6 Å². The minimum Gasteiger partial charge on any atom is -0.497 e. The predicted octanol–water partition coefficient (Wildman–Crippen LogP) is 3.61. The number of aromatic nitrogens is 4. The second-order valence-corrected chi connectivity index (χ2v) is 7.53. The number of carbonyl (C=O) groups is 1. The smallest absolute Gasteiger partial charge is 0.435 e. The molecule has 4 rings (SSSR count). The number of carbonyl (C=O) groups excluding carboxylic acids is 1. The first-order valence-corrected chi connectivity index (χ1v) is 9.74. The van der Waals surface area contributed by atoms with E-state index in [1.807, 2.05) is 6.92 Å². The Balaban J connectivity index is 1.70. The van der Waals surface area contributed by atoms with E-state index in [4.69, 9.17) is 4.74 Å². The van der Waals surface area contributed by atoms with Crippen molar-refractivity contribution < 1.29 is 22.7 Å². The fraction of sp³-hybridized carbons (Fsp3) is 0.381. The summed E-state index contributed by atoms with van der Waals surface area (Å²) in [5.41, 5.74) is 1.99. The fourth-order valence-corrected chi connectivity index (χ4v) is 4.09. The molecule has 0 saturated heterocycles. The second-order valence-electron chi connectivity index (χ2n) is 7.53. The lowest BCUT2D eigenvalue weighted by Gasteiger charge is -2.33. The number of benzene rings is 1. The number of nitrogens with zero attached hydrogens (tertiary/aromatic N) is 5. The van der Waals surface area contributed by atoms with E-state index in [1.54, 1.807) is 40.9 Å². The van der Waals surface area contributed by atoms with Gasteiger partial charge in [-0.1, -0.05) is 6.07 Å². The quantitative estimate of drug-likeness (QED) is 0.633. The summed E-state index contributed by atoms with van der Waals surface area (Å²) in [6.07, 6.45) is -4.05. The molecule has 0 fully saturated rings. The molecular formula is C21H22F3N5O2. The summed E-state index contributed by atoms with van der Waals surface area (Å²) in [5, 5.41) is 8.18. The van der Waals surface area contributed by atoms with E-state index in [0.29, 0.717) is 41.4 Å². The first kappa shape index (κ1) is 21.0. The van der Waals surface area contributed by atoms with Crippen LogP contribution in [0.4, 0.5) is 13.2 Å². The van der Waals surface area contributed by atoms with Crippen molar-refractivity contribution in [3.63, 3.8) is 0 Å². The Labute approximate surface area is 177 Å². The van der Waals surface area contributed by atoms with E-state index in [1.165, 1.54) is 18.8 Å². The average Bonchev–Trinajstić information content (AvgIpc) is 3.27. The molecule has 164 valence electrons. The number of hydrogen-bond donors (Lipinski definition) is 0. The van der Waals surface area contributed by atoms with Crippen LogP contribution in [-0.4, -0.2) is 44.0 Å². The molecule has 0 aliphatic carbocycles. The Morgan fingerprint density at radius 1 is 1.16 bits per heavy atom. The minimum atomic E-state index is -4.53. The first-order valence-electron chi connectivity index (χ1n) is 9.74. The van der Waals surface area contributed by atoms with Crippen molar-refractivity contribution in [1.29, 1.82) is 0 Å². The van der Waals surface area contributed by atoms with Gasteiger partial charge in [-0.25, -0.2) is 0 Å². The second kappa shape index (κ2) is 7.44. The van der Waals surface area contributed by atoms with Crippen LogP contribution in [0.3, 0.4) is 0 Å². The van der Waals surface area contributed by atoms with Crippen LogP contribution >= 0.6 is 0 Å². The van der Waals surface area contributed by atoms with Gasteiger partial charge in [-0.2, -0.15) is 23.4 Å². The maximum Gasteiger partial charge on any atom is 0.435 e. The minimum absolute atomic E-state index is 0.149. The normalized spacial score (nSPS) is 16.4. The predicted molar refractivity (Wildman–Crippen MR) is 107 cm³/mol. The molecule has 0 spiro atoms. The first-order chi connectivity index (χ1) is 14.6. The summed E-state index contributed by atoms with van der Waals surface area (Å²) >= 11 is 0. The maximum absolute atomic E-state index is 13.1. The molecular weight excluding hydrogens is 411 g/mol. The van der Waals surface area contributed by atoms with E-state index in [9.17, 15) is 18.0 Å². The van der Waals surface area contributed by atoms with Gasteiger partial charge in [-0.05, 0) is 37.6 Å². The van der Waals surface area contributed by atoms with Crippen molar-refractivity contribution in [2.24, 2.45) is 14.1 Å². The van der Waals surface area contributed by atoms with Crippen LogP contribution in [0.15, 0.2) is 30.3 Å². The zero-order chi connectivity index (χ0) is 22.5. The summed E-state index contributed by atoms with van der Waals surface area (Å²) in [6.45, 7) is 2.30. The summed E-state index contributed by atoms with van der Waals surface area (Å²) in [4.78, 5) is 14.8. The van der Waals surface area contributed by atoms with Crippen molar-refractivity contribution in [2.45, 2.75) is 25.6 Å². The van der Waals surface area contributed by atoms with Gasteiger partial charge in [0.05, 0.1) is 30.2 Å². The van der Waals surface area contributed by atoms with Gasteiger partial charge in [0.1, 0.15) is 5.75 Å². The molecule has 1 aliphatic rings. The van der Waals surface area contributed by atoms with Gasteiger partial charge in [0, 0.05) is 31.8 Å². The number of ether oxygens (including phenoxy) is 1. The van der Waals surface area contributed by atoms with E-state index in [2.05, 4.69) is 10.2 Å². The number of methoxy groups -OCH3 is 1. The Morgan fingerprint density at radius 2 is 1.90 bits per heavy atom. The molecule has 2 aromatic heterocycles. The lowest BCUT2D eigenvalue weighted by atomic mass is 9.96. The Morgan fingerprint density at radius 3 is 2.55 bits per heavy atom. The molecule has 3 heterocycles. The van der Waals surface area contributed by atoms with Crippen LogP contribution < -0.4 is 4.74 Å². The zero-order valence-corrected chi connectivity index (χ0v) is 17.6. The molecule has 1 aliphatic heterocycles. The average molecular weight is 433 g/mol. The lowest BCUT2D eigenvalue weighted by molar-refractivity contribution is -0.141. The highest BCUT2D eigenvalue weighted by atomic mass is 19.4. The topological polar surface area (TPSA) is 65.2 Å². The van der Waals surface area contributed by atoms with E-state index >= 15 is 0 Å². The third-order valence-electron chi connectivity index (χ3n) is 5.63. The van der Waals surface area contributed by atoms with Gasteiger partial charge in [-0.15, -0.1) is 0 Å². The Kier molecular flexibility index (Phi) is 5.03. The van der Waals surface area contributed by atoms with Crippen molar-refractivity contribution >= 4 is 5.91 Å². The van der Waals surface area contributed by atoms with Gasteiger partial charge in [-0.3, -0.25) is 14.2 Å². The van der Waals surface area contributed by atoms with E-state index < -0.39 is 11.9 Å². The molecule has 10 heteroatoms. The molecule has 1 amide bonds. The molecule has 0 radical (unpaired) electrons. The van der Waals surface area contributed by atoms with E-state index in [-0.39, 0.29) is 11.9 Å². The largest absolute Gasteiger partial charge is 0.497 e. The summed E-state index contributed by atoms with van der Waals surface area (Å²) < 4.78 is 47.4. The number of amides is 1. The molecule has 7 nitrogen and oxygen atoms in total. The highest BCUT2D eigenvalue weighted by Gasteiger charge is 2.37. The van der Waals surface area contributed by atoms with Crippen molar-refractivity contribution in [3.05, 3.63) is 52.8 Å². The number of halogens is 3. The van der Waals surface area contributed by atoms with Crippen molar-refractivity contribution in [3.8, 4) is 17.1 Å². The molecule has 31 heavy (non-hydrogen) atoms. The van der Waals surface area contributed by atoms with Crippen LogP contribution in [0.25, 0.3) is 11.4 Å². The molecule has 1 aromatic carbocycles. The molecule has 1 unspecified atom stereocenters. The van der Waals surface area contributed by atoms with Crippen LogP contribution in [0.5, 0.6) is 5.75 Å². The van der Waals surface area contributed by atoms with Gasteiger partial charge >= 0.3 is 6.18 Å². The SMILES string of the molecule is COc1cccc(C(=O)N2CCc3c(nn(C)c3-c3cc(C(F)(F)F)nn3C)C2C)c1. The molecule has 0 N–H and O–H groups in total. The van der Waals surface area contributed by atoms with Crippen LogP contribution in [-0.2, 0) is 26.7 Å². The van der Waals surface area contributed by atoms with Crippen molar-refractivity contribution in [2.75, 3.05) is 13.7 Å². The summed E-state index contributed by atoms with van der Waals surface area (Å²) in [6, 6.07) is 7.63. The highest BCUT2D eigenvalue weighted by molar-refractivity contribution is 5.95. The number of fused-ring (bicyclic) bond motifs is 1. The molecule has 3 aromatic rings. The van der Waals surface area contributed by atoms with Crippen molar-refractivity contribution in [1.82, 2.24) is 24.5 Å². The zero-order valence-electron chi connectivity index (χ0n) is 17.6. The number of rotatable bonds is 3. The van der Waals surface area contributed by atoms with Crippen LogP contribution in [0, 0.1) is 0 Å². The maximum atomic E-state index is 13.1. The molecule has 1 atom stereocenters. The summed E-state index contributed by atoms with van der Waals surface area (Å²) in [5.74, 6) is 0.442. The van der Waals surface area contributed by atoms with Crippen LogP contribution in [0.1, 0.15) is 40.3 Å². The number of alkyl halides is 3. The van der Waals surface area contributed by atoms with Gasteiger partial charge in [0.25, 0.3) is 5.91 Å². The van der Waals surface area contributed by atoms with Gasteiger partial charge in [0.2, 0.25) is 0 Å². The number of aryl methyl sites for hydroxylation is 2. The van der Waals surface area contributed by atoms with Crippen LogP contribution in [0.2, 0.25) is 0 Å². The van der Waals surface area contributed by atoms with Gasteiger partial charge < -0.3 is 9.64 Å².